The van der Waals surface area contributed by atoms with Crippen molar-refractivity contribution < 1.29 is 19.0 Å². The highest BCUT2D eigenvalue weighted by Gasteiger charge is 2.32. The maximum absolute atomic E-state index is 12.4. The summed E-state index contributed by atoms with van der Waals surface area (Å²) in [5, 5.41) is 3.98. The van der Waals surface area contributed by atoms with E-state index in [1.54, 1.807) is 18.2 Å². The van der Waals surface area contributed by atoms with E-state index in [2.05, 4.69) is 10.2 Å². The van der Waals surface area contributed by atoms with Gasteiger partial charge in [0.2, 0.25) is 0 Å². The van der Waals surface area contributed by atoms with Crippen LogP contribution < -0.4 is 15.0 Å². The second-order valence-electron chi connectivity index (χ2n) is 8.75. The van der Waals surface area contributed by atoms with Crippen LogP contribution in [0.2, 0.25) is 5.02 Å². The molecule has 0 saturated carbocycles. The van der Waals surface area contributed by atoms with Gasteiger partial charge in [-0.1, -0.05) is 29.8 Å². The fourth-order valence-electron chi connectivity index (χ4n) is 4.22. The molecule has 0 unspecified atom stereocenters. The molecule has 0 amide bonds. The maximum Gasteiger partial charge on any atom is 0.340 e. The number of thiocarbonyl (C=S) groups is 1. The minimum absolute atomic E-state index is 0.0348. The van der Waals surface area contributed by atoms with Crippen molar-refractivity contribution >= 4 is 46.3 Å². The zero-order chi connectivity index (χ0) is 26.5. The number of para-hydroxylation sites is 1. The predicted octanol–water partition coefficient (Wildman–Crippen LogP) is 6.10. The molecule has 2 heterocycles. The number of ether oxygens (including phenoxy) is 3. The largest absolute Gasteiger partial charge is 0.487 e. The lowest BCUT2D eigenvalue weighted by atomic mass is 10.1. The molecule has 4 aromatic rings. The van der Waals surface area contributed by atoms with Crippen molar-refractivity contribution in [2.24, 2.45) is 0 Å². The highest BCUT2D eigenvalue weighted by atomic mass is 35.5. The van der Waals surface area contributed by atoms with Crippen LogP contribution in [-0.2, 0) is 16.1 Å². The SMILES string of the molecule is COC(=O)c1cccc(N2CC(Oc3ccc(COC(=S)Nc4ccc(Cl)cc4)cc3)C2)c1-n1cccc1. The van der Waals surface area contributed by atoms with Crippen molar-refractivity contribution in [2.75, 3.05) is 30.4 Å². The molecule has 0 atom stereocenters. The molecule has 1 fully saturated rings. The van der Waals surface area contributed by atoms with Gasteiger partial charge in [0.05, 0.1) is 37.1 Å². The van der Waals surface area contributed by atoms with E-state index in [1.807, 2.05) is 77.6 Å². The minimum Gasteiger partial charge on any atom is -0.487 e. The molecular weight excluding hydrogens is 522 g/mol. The van der Waals surface area contributed by atoms with Crippen molar-refractivity contribution in [2.45, 2.75) is 12.7 Å². The number of aromatic nitrogens is 1. The number of anilines is 2. The first-order valence-electron chi connectivity index (χ1n) is 12.0. The standard InChI is InChI=1S/C29H26ClN3O4S/c1-35-28(34)25-5-4-6-26(27(25)32-15-2-3-16-32)33-17-24(18-33)37-23-13-7-20(8-14-23)19-36-29(38)31-22-11-9-21(30)10-12-22/h2-16,24H,17-19H2,1H3,(H,31,38). The Morgan fingerprint density at radius 2 is 1.71 bits per heavy atom. The van der Waals surface area contributed by atoms with E-state index in [9.17, 15) is 4.79 Å². The Bertz CT molecular complexity index is 1400. The summed E-state index contributed by atoms with van der Waals surface area (Å²) >= 11 is 11.2. The van der Waals surface area contributed by atoms with Gasteiger partial charge in [-0.3, -0.25) is 0 Å². The van der Waals surface area contributed by atoms with Crippen LogP contribution in [0.1, 0.15) is 15.9 Å². The Kier molecular flexibility index (Phi) is 7.81. The lowest BCUT2D eigenvalue weighted by Gasteiger charge is -2.41. The Morgan fingerprint density at radius 3 is 2.39 bits per heavy atom. The molecule has 38 heavy (non-hydrogen) atoms. The highest BCUT2D eigenvalue weighted by Crippen LogP contribution is 2.33. The molecule has 0 bridgehead atoms. The molecule has 194 valence electrons. The van der Waals surface area contributed by atoms with Gasteiger partial charge >= 0.3 is 5.97 Å². The molecule has 0 aliphatic carbocycles. The lowest BCUT2D eigenvalue weighted by Crippen LogP contribution is -2.54. The Hall–Kier alpha value is -4.01. The van der Waals surface area contributed by atoms with E-state index < -0.39 is 0 Å². The maximum atomic E-state index is 12.4. The number of carbonyl (C=O) groups is 1. The molecule has 1 saturated heterocycles. The second-order valence-corrected chi connectivity index (χ2v) is 9.56. The Morgan fingerprint density at radius 1 is 1.00 bits per heavy atom. The summed E-state index contributed by atoms with van der Waals surface area (Å²) < 4.78 is 18.8. The normalized spacial score (nSPS) is 12.9. The number of hydrogen-bond acceptors (Lipinski definition) is 6. The molecule has 0 radical (unpaired) electrons. The minimum atomic E-state index is -0.366. The number of halogens is 1. The molecular formula is C29H26ClN3O4S. The van der Waals surface area contributed by atoms with Gasteiger partial charge in [-0.25, -0.2) is 4.79 Å². The van der Waals surface area contributed by atoms with Crippen LogP contribution in [0.4, 0.5) is 11.4 Å². The van der Waals surface area contributed by atoms with Gasteiger partial charge in [-0.15, -0.1) is 0 Å². The van der Waals surface area contributed by atoms with Crippen LogP contribution in [-0.4, -0.2) is 42.0 Å². The summed E-state index contributed by atoms with van der Waals surface area (Å²) in [7, 11) is 1.39. The number of carbonyl (C=O) groups excluding carboxylic acids is 1. The third-order valence-electron chi connectivity index (χ3n) is 6.16. The van der Waals surface area contributed by atoms with Crippen LogP contribution in [0.3, 0.4) is 0 Å². The average molecular weight is 548 g/mol. The van der Waals surface area contributed by atoms with Gasteiger partial charge in [0.15, 0.2) is 0 Å². The number of rotatable bonds is 8. The van der Waals surface area contributed by atoms with Gasteiger partial charge in [-0.2, -0.15) is 0 Å². The van der Waals surface area contributed by atoms with Crippen molar-refractivity contribution in [1.29, 1.82) is 0 Å². The summed E-state index contributed by atoms with van der Waals surface area (Å²) in [6, 6.07) is 24.5. The lowest BCUT2D eigenvalue weighted by molar-refractivity contribution is 0.0600. The highest BCUT2D eigenvalue weighted by molar-refractivity contribution is 7.80. The summed E-state index contributed by atoms with van der Waals surface area (Å²) in [5.41, 5.74) is 4.07. The summed E-state index contributed by atoms with van der Waals surface area (Å²) in [4.78, 5) is 14.6. The Labute approximate surface area is 231 Å². The Balaban J connectivity index is 1.15. The van der Waals surface area contributed by atoms with Crippen LogP contribution in [0, 0.1) is 0 Å². The van der Waals surface area contributed by atoms with Gasteiger partial charge in [0.25, 0.3) is 5.17 Å². The molecule has 9 heteroatoms. The van der Waals surface area contributed by atoms with Crippen LogP contribution >= 0.6 is 23.8 Å². The number of hydrogen-bond donors (Lipinski definition) is 1. The van der Waals surface area contributed by atoms with Crippen LogP contribution in [0.25, 0.3) is 5.69 Å². The molecule has 0 spiro atoms. The third-order valence-corrected chi connectivity index (χ3v) is 6.63. The number of methoxy groups -OCH3 is 1. The van der Waals surface area contributed by atoms with Crippen molar-refractivity contribution in [1.82, 2.24) is 4.57 Å². The zero-order valence-electron chi connectivity index (χ0n) is 20.7. The molecule has 7 nitrogen and oxygen atoms in total. The fraction of sp³-hybridized carbons (Fsp3) is 0.172. The molecule has 1 aromatic heterocycles. The first-order valence-corrected chi connectivity index (χ1v) is 12.8. The molecule has 1 aliphatic heterocycles. The average Bonchev–Trinajstić information content (AvgIpc) is 3.45. The van der Waals surface area contributed by atoms with Crippen molar-refractivity contribution in [3.8, 4) is 11.4 Å². The number of nitrogens with zero attached hydrogens (tertiary/aromatic N) is 2. The van der Waals surface area contributed by atoms with Gasteiger partial charge in [0.1, 0.15) is 18.5 Å². The number of benzene rings is 3. The van der Waals surface area contributed by atoms with Crippen molar-refractivity contribution in [3.05, 3.63) is 107 Å². The first-order chi connectivity index (χ1) is 18.5. The predicted molar refractivity (Wildman–Crippen MR) is 153 cm³/mol. The fourth-order valence-corrected chi connectivity index (χ4v) is 4.52. The topological polar surface area (TPSA) is 65.0 Å². The molecule has 3 aromatic carbocycles. The number of esters is 1. The van der Waals surface area contributed by atoms with Crippen LogP contribution in [0.15, 0.2) is 91.3 Å². The third kappa shape index (κ3) is 5.93. The smallest absolute Gasteiger partial charge is 0.340 e. The van der Waals surface area contributed by atoms with Gasteiger partial charge in [0, 0.05) is 23.1 Å². The van der Waals surface area contributed by atoms with Gasteiger partial charge < -0.3 is 29.0 Å². The van der Waals surface area contributed by atoms with E-state index in [4.69, 9.17) is 38.0 Å². The zero-order valence-corrected chi connectivity index (χ0v) is 22.2. The summed E-state index contributed by atoms with van der Waals surface area (Å²) in [6.07, 6.45) is 3.88. The summed E-state index contributed by atoms with van der Waals surface area (Å²) in [6.45, 7) is 1.75. The van der Waals surface area contributed by atoms with E-state index in [0.29, 0.717) is 30.3 Å². The van der Waals surface area contributed by atoms with Crippen molar-refractivity contribution in [3.63, 3.8) is 0 Å². The first kappa shape index (κ1) is 25.6. The van der Waals surface area contributed by atoms with Gasteiger partial charge in [-0.05, 0) is 78.4 Å². The van der Waals surface area contributed by atoms with E-state index in [-0.39, 0.29) is 17.2 Å². The monoisotopic (exact) mass is 547 g/mol. The van der Waals surface area contributed by atoms with E-state index >= 15 is 0 Å². The quantitative estimate of drug-likeness (QED) is 0.211. The number of nitrogens with one attached hydrogen (secondary N) is 1. The van der Waals surface area contributed by atoms with E-state index in [0.717, 1.165) is 28.4 Å². The van der Waals surface area contributed by atoms with Crippen LogP contribution in [0.5, 0.6) is 5.75 Å². The summed E-state index contributed by atoms with van der Waals surface area (Å²) in [5.74, 6) is 0.420. The second kappa shape index (κ2) is 11.6. The molecule has 1 aliphatic rings. The van der Waals surface area contributed by atoms with E-state index in [1.165, 1.54) is 7.11 Å². The molecule has 5 rings (SSSR count). The molecule has 1 N–H and O–H groups in total.